The Morgan fingerprint density at radius 1 is 1.50 bits per heavy atom. The summed E-state index contributed by atoms with van der Waals surface area (Å²) in [6.45, 7) is 7.63. The van der Waals surface area contributed by atoms with Gasteiger partial charge in [0.05, 0.1) is 18.2 Å². The van der Waals surface area contributed by atoms with Gasteiger partial charge in [0.1, 0.15) is 12.4 Å². The lowest BCUT2D eigenvalue weighted by atomic mass is 10.1. The molecule has 20 heavy (non-hydrogen) atoms. The molecule has 108 valence electrons. The summed E-state index contributed by atoms with van der Waals surface area (Å²) in [7, 11) is 0. The van der Waals surface area contributed by atoms with Crippen LogP contribution in [0, 0.1) is 17.2 Å². The Kier molecular flexibility index (Phi) is 5.85. The van der Waals surface area contributed by atoms with Crippen molar-refractivity contribution in [3.05, 3.63) is 29.8 Å². The van der Waals surface area contributed by atoms with Gasteiger partial charge in [-0.2, -0.15) is 5.26 Å². The summed E-state index contributed by atoms with van der Waals surface area (Å²) in [4.78, 5) is 2.40. The monoisotopic (exact) mass is 274 g/mol. The predicted molar refractivity (Wildman–Crippen MR) is 77.7 cm³/mol. The van der Waals surface area contributed by atoms with Crippen molar-refractivity contribution in [2.24, 2.45) is 5.92 Å². The van der Waals surface area contributed by atoms with Crippen LogP contribution in [0.5, 0.6) is 5.75 Å². The van der Waals surface area contributed by atoms with E-state index in [2.05, 4.69) is 17.9 Å². The standard InChI is InChI=1S/C16H22N2O2/c1-2-18(12-15-6-8-19-13-15)7-9-20-16-5-3-4-14(10-16)11-17/h3-5,10,15H,2,6-9,12-13H2,1H3/t15-/m1/s1. The van der Waals surface area contributed by atoms with Crippen molar-refractivity contribution in [1.29, 1.82) is 5.26 Å². The number of hydrogen-bond donors (Lipinski definition) is 0. The fourth-order valence-corrected chi connectivity index (χ4v) is 2.42. The van der Waals surface area contributed by atoms with Gasteiger partial charge in [-0.05, 0) is 37.1 Å². The minimum absolute atomic E-state index is 0.637. The lowest BCUT2D eigenvalue weighted by Gasteiger charge is -2.23. The van der Waals surface area contributed by atoms with E-state index in [1.54, 1.807) is 12.1 Å². The number of hydrogen-bond acceptors (Lipinski definition) is 4. The third kappa shape index (κ3) is 4.52. The van der Waals surface area contributed by atoms with E-state index in [1.165, 1.54) is 6.42 Å². The van der Waals surface area contributed by atoms with Gasteiger partial charge in [-0.15, -0.1) is 0 Å². The molecule has 0 bridgehead atoms. The number of ether oxygens (including phenoxy) is 2. The van der Waals surface area contributed by atoms with Crippen LogP contribution >= 0.6 is 0 Å². The van der Waals surface area contributed by atoms with Crippen molar-refractivity contribution < 1.29 is 9.47 Å². The van der Waals surface area contributed by atoms with E-state index in [0.717, 1.165) is 38.6 Å². The van der Waals surface area contributed by atoms with Crippen molar-refractivity contribution in [1.82, 2.24) is 4.90 Å². The molecule has 0 spiro atoms. The molecular weight excluding hydrogens is 252 g/mol. The van der Waals surface area contributed by atoms with Crippen LogP contribution in [0.2, 0.25) is 0 Å². The van der Waals surface area contributed by atoms with E-state index in [1.807, 2.05) is 12.1 Å². The number of nitrogens with zero attached hydrogens (tertiary/aromatic N) is 2. The van der Waals surface area contributed by atoms with Crippen LogP contribution in [0.1, 0.15) is 18.9 Å². The summed E-state index contributed by atoms with van der Waals surface area (Å²) in [6.07, 6.45) is 1.17. The van der Waals surface area contributed by atoms with Gasteiger partial charge in [0.2, 0.25) is 0 Å². The van der Waals surface area contributed by atoms with Crippen molar-refractivity contribution in [3.8, 4) is 11.8 Å². The summed E-state index contributed by atoms with van der Waals surface area (Å²) in [5.74, 6) is 1.43. The Morgan fingerprint density at radius 2 is 2.40 bits per heavy atom. The van der Waals surface area contributed by atoms with Crippen LogP contribution in [0.25, 0.3) is 0 Å². The van der Waals surface area contributed by atoms with E-state index in [9.17, 15) is 0 Å². The van der Waals surface area contributed by atoms with Crippen LogP contribution in [0.3, 0.4) is 0 Å². The van der Waals surface area contributed by atoms with Gasteiger partial charge in [-0.25, -0.2) is 0 Å². The van der Waals surface area contributed by atoms with Gasteiger partial charge in [-0.1, -0.05) is 13.0 Å². The van der Waals surface area contributed by atoms with Crippen molar-refractivity contribution in [2.75, 3.05) is 39.5 Å². The zero-order chi connectivity index (χ0) is 14.2. The minimum Gasteiger partial charge on any atom is -0.492 e. The summed E-state index contributed by atoms with van der Waals surface area (Å²) < 4.78 is 11.1. The Labute approximate surface area is 120 Å². The van der Waals surface area contributed by atoms with E-state index in [0.29, 0.717) is 18.1 Å². The second-order valence-corrected chi connectivity index (χ2v) is 5.11. The third-order valence-electron chi connectivity index (χ3n) is 3.63. The lowest BCUT2D eigenvalue weighted by Crippen LogP contribution is -2.33. The fourth-order valence-electron chi connectivity index (χ4n) is 2.42. The maximum atomic E-state index is 8.85. The van der Waals surface area contributed by atoms with Crippen LogP contribution in [-0.4, -0.2) is 44.4 Å². The Hall–Kier alpha value is -1.57. The van der Waals surface area contributed by atoms with Gasteiger partial charge < -0.3 is 9.47 Å². The van der Waals surface area contributed by atoms with E-state index < -0.39 is 0 Å². The molecule has 1 aromatic rings. The molecule has 4 nitrogen and oxygen atoms in total. The molecule has 0 saturated carbocycles. The highest BCUT2D eigenvalue weighted by Gasteiger charge is 2.18. The maximum Gasteiger partial charge on any atom is 0.120 e. The average Bonchev–Trinajstić information content (AvgIpc) is 2.99. The molecular formula is C16H22N2O2. The molecule has 1 atom stereocenters. The van der Waals surface area contributed by atoms with Gasteiger partial charge in [0.15, 0.2) is 0 Å². The Morgan fingerprint density at radius 3 is 3.10 bits per heavy atom. The average molecular weight is 274 g/mol. The Balaban J connectivity index is 1.74. The minimum atomic E-state index is 0.637. The van der Waals surface area contributed by atoms with Crippen LogP contribution in [0.4, 0.5) is 0 Å². The molecule has 0 aromatic heterocycles. The first kappa shape index (κ1) is 14.8. The summed E-state index contributed by atoms with van der Waals surface area (Å²) in [6, 6.07) is 9.42. The van der Waals surface area contributed by atoms with Gasteiger partial charge >= 0.3 is 0 Å². The molecule has 1 fully saturated rings. The van der Waals surface area contributed by atoms with Crippen molar-refractivity contribution in [3.63, 3.8) is 0 Å². The van der Waals surface area contributed by atoms with Gasteiger partial charge in [0.25, 0.3) is 0 Å². The largest absolute Gasteiger partial charge is 0.492 e. The van der Waals surface area contributed by atoms with Crippen LogP contribution in [0.15, 0.2) is 24.3 Å². The number of nitriles is 1. The Bertz CT molecular complexity index is 450. The quantitative estimate of drug-likeness (QED) is 0.765. The summed E-state index contributed by atoms with van der Waals surface area (Å²) in [5.41, 5.74) is 0.637. The maximum absolute atomic E-state index is 8.85. The number of rotatable bonds is 7. The third-order valence-corrected chi connectivity index (χ3v) is 3.63. The highest BCUT2D eigenvalue weighted by atomic mass is 16.5. The molecule has 0 unspecified atom stereocenters. The number of benzene rings is 1. The lowest BCUT2D eigenvalue weighted by molar-refractivity contribution is 0.158. The highest BCUT2D eigenvalue weighted by Crippen LogP contribution is 2.15. The molecule has 1 aromatic carbocycles. The normalized spacial score (nSPS) is 18.1. The SMILES string of the molecule is CCN(CCOc1cccc(C#N)c1)C[C@H]1CCOC1. The van der Waals surface area contributed by atoms with E-state index in [4.69, 9.17) is 14.7 Å². The molecule has 1 aliphatic heterocycles. The second-order valence-electron chi connectivity index (χ2n) is 5.11. The van der Waals surface area contributed by atoms with E-state index >= 15 is 0 Å². The predicted octanol–water partition coefficient (Wildman–Crippen LogP) is 2.30. The van der Waals surface area contributed by atoms with Crippen molar-refractivity contribution >= 4 is 0 Å². The first-order valence-electron chi connectivity index (χ1n) is 7.25. The molecule has 0 radical (unpaired) electrons. The smallest absolute Gasteiger partial charge is 0.120 e. The molecule has 2 rings (SSSR count). The summed E-state index contributed by atoms with van der Waals surface area (Å²) in [5, 5.41) is 8.85. The van der Waals surface area contributed by atoms with Crippen LogP contribution < -0.4 is 4.74 Å². The molecule has 0 aliphatic carbocycles. The molecule has 0 N–H and O–H groups in total. The van der Waals surface area contributed by atoms with Crippen LogP contribution in [-0.2, 0) is 4.74 Å². The second kappa shape index (κ2) is 7.88. The molecule has 4 heteroatoms. The molecule has 0 amide bonds. The first-order chi connectivity index (χ1) is 9.81. The fraction of sp³-hybridized carbons (Fsp3) is 0.562. The van der Waals surface area contributed by atoms with Gasteiger partial charge in [0, 0.05) is 19.7 Å². The molecule has 1 saturated heterocycles. The molecule has 1 heterocycles. The topological polar surface area (TPSA) is 45.5 Å². The first-order valence-corrected chi connectivity index (χ1v) is 7.25. The van der Waals surface area contributed by atoms with Gasteiger partial charge in [-0.3, -0.25) is 4.90 Å². The zero-order valence-corrected chi connectivity index (χ0v) is 12.0. The summed E-state index contributed by atoms with van der Waals surface area (Å²) >= 11 is 0. The zero-order valence-electron chi connectivity index (χ0n) is 12.0. The van der Waals surface area contributed by atoms with Crippen molar-refractivity contribution in [2.45, 2.75) is 13.3 Å². The number of likely N-dealkylation sites (N-methyl/N-ethyl adjacent to an activating group) is 1. The molecule has 1 aliphatic rings. The van der Waals surface area contributed by atoms with E-state index in [-0.39, 0.29) is 0 Å². The highest BCUT2D eigenvalue weighted by molar-refractivity contribution is 5.36.